The lowest BCUT2D eigenvalue weighted by Gasteiger charge is -2.16. The zero-order valence-corrected chi connectivity index (χ0v) is 10.8. The molecule has 6 N–H and O–H groups in total. The molecule has 0 bridgehead atoms. The molecule has 0 fully saturated rings. The van der Waals surface area contributed by atoms with Crippen molar-refractivity contribution in [3.05, 3.63) is 0 Å². The van der Waals surface area contributed by atoms with Crippen molar-refractivity contribution in [3.63, 3.8) is 0 Å². The fourth-order valence-corrected chi connectivity index (χ4v) is 1.26. The molecular formula is C10H20N2O8. The Bertz CT molecular complexity index is 288. The minimum atomic E-state index is -1.28. The Balaban J connectivity index is 3.76. The normalized spacial score (nSPS) is 13.9. The molecule has 0 saturated heterocycles. The minimum Gasteiger partial charge on any atom is -0.481 e. The first-order valence-corrected chi connectivity index (χ1v) is 5.87. The van der Waals surface area contributed by atoms with Gasteiger partial charge in [0.25, 0.3) is 0 Å². The predicted molar refractivity (Wildman–Crippen MR) is 64.8 cm³/mol. The van der Waals surface area contributed by atoms with Crippen molar-refractivity contribution in [2.75, 3.05) is 26.7 Å². The lowest BCUT2D eigenvalue weighted by atomic mass is 10.2. The standard InChI is InChI=1S/C10H20N2O8/c13-4-7(1-2-20-18)11-5-19-6-12-8(10(16)17)3-9(14)15/h7-8,11-13,18H,1-6H2,(H,14,15)(H,16,17). The summed E-state index contributed by atoms with van der Waals surface area (Å²) in [7, 11) is 0. The van der Waals surface area contributed by atoms with Gasteiger partial charge in [-0.15, -0.1) is 0 Å². The maximum absolute atomic E-state index is 10.7. The second-order valence-electron chi connectivity index (χ2n) is 3.89. The van der Waals surface area contributed by atoms with Crippen LogP contribution in [0.4, 0.5) is 0 Å². The molecular weight excluding hydrogens is 276 g/mol. The van der Waals surface area contributed by atoms with Crippen LogP contribution in [-0.2, 0) is 19.2 Å². The van der Waals surface area contributed by atoms with Crippen molar-refractivity contribution in [1.82, 2.24) is 10.6 Å². The van der Waals surface area contributed by atoms with E-state index in [2.05, 4.69) is 15.5 Å². The van der Waals surface area contributed by atoms with E-state index in [9.17, 15) is 9.59 Å². The molecule has 0 saturated carbocycles. The molecule has 0 aliphatic heterocycles. The molecule has 10 nitrogen and oxygen atoms in total. The fraction of sp³-hybridized carbons (Fsp3) is 0.800. The van der Waals surface area contributed by atoms with Gasteiger partial charge in [0.2, 0.25) is 0 Å². The summed E-state index contributed by atoms with van der Waals surface area (Å²) in [5, 5.41) is 39.5. The van der Waals surface area contributed by atoms with Gasteiger partial charge in [-0.2, -0.15) is 0 Å². The van der Waals surface area contributed by atoms with Crippen LogP contribution in [0.15, 0.2) is 0 Å². The summed E-state index contributed by atoms with van der Waals surface area (Å²) in [6.07, 6.45) is -0.195. The number of aliphatic hydroxyl groups excluding tert-OH is 1. The molecule has 2 unspecified atom stereocenters. The molecule has 0 aliphatic rings. The molecule has 0 amide bonds. The van der Waals surface area contributed by atoms with Gasteiger partial charge in [-0.3, -0.25) is 25.5 Å². The Kier molecular flexibility index (Phi) is 10.8. The highest BCUT2D eigenvalue weighted by Gasteiger charge is 2.19. The second kappa shape index (κ2) is 11.5. The highest BCUT2D eigenvalue weighted by molar-refractivity contribution is 5.80. The molecule has 0 aromatic heterocycles. The molecule has 2 atom stereocenters. The van der Waals surface area contributed by atoms with E-state index >= 15 is 0 Å². The number of aliphatic hydroxyl groups is 1. The number of carboxylic acid groups (broad SMARTS) is 2. The molecule has 0 aliphatic carbocycles. The lowest BCUT2D eigenvalue weighted by Crippen LogP contribution is -2.41. The van der Waals surface area contributed by atoms with Gasteiger partial charge in [0.05, 0.1) is 33.1 Å². The number of aliphatic carboxylic acids is 2. The van der Waals surface area contributed by atoms with Gasteiger partial charge in [0.15, 0.2) is 0 Å². The number of carbonyl (C=O) groups is 2. The Labute approximate surface area is 115 Å². The van der Waals surface area contributed by atoms with Gasteiger partial charge in [-0.1, -0.05) is 0 Å². The smallest absolute Gasteiger partial charge is 0.321 e. The van der Waals surface area contributed by atoms with E-state index in [0.29, 0.717) is 6.42 Å². The Morgan fingerprint density at radius 2 is 1.80 bits per heavy atom. The van der Waals surface area contributed by atoms with Crippen molar-refractivity contribution in [2.45, 2.75) is 24.9 Å². The first-order chi connectivity index (χ1) is 9.51. The number of ether oxygens (including phenoxy) is 1. The number of hydrogen-bond donors (Lipinski definition) is 6. The average molecular weight is 296 g/mol. The Morgan fingerprint density at radius 1 is 1.15 bits per heavy atom. The van der Waals surface area contributed by atoms with E-state index in [1.807, 2.05) is 0 Å². The van der Waals surface area contributed by atoms with E-state index in [4.69, 9.17) is 25.3 Å². The predicted octanol–water partition coefficient (Wildman–Crippen LogP) is -1.73. The number of carboxylic acids is 2. The van der Waals surface area contributed by atoms with Crippen LogP contribution in [0, 0.1) is 0 Å². The van der Waals surface area contributed by atoms with Crippen LogP contribution >= 0.6 is 0 Å². The van der Waals surface area contributed by atoms with Crippen LogP contribution in [0.5, 0.6) is 0 Å². The molecule has 0 radical (unpaired) electrons. The van der Waals surface area contributed by atoms with Crippen LogP contribution < -0.4 is 10.6 Å². The summed E-state index contributed by atoms with van der Waals surface area (Å²) in [6.45, 7) is -0.276. The molecule has 118 valence electrons. The van der Waals surface area contributed by atoms with Crippen molar-refractivity contribution >= 4 is 11.9 Å². The van der Waals surface area contributed by atoms with Crippen LogP contribution in [-0.4, -0.2) is 71.3 Å². The van der Waals surface area contributed by atoms with Crippen LogP contribution in [0.2, 0.25) is 0 Å². The van der Waals surface area contributed by atoms with Gasteiger partial charge in [-0.25, -0.2) is 4.89 Å². The van der Waals surface area contributed by atoms with Crippen molar-refractivity contribution in [2.24, 2.45) is 0 Å². The molecule has 0 spiro atoms. The first-order valence-electron chi connectivity index (χ1n) is 5.87. The third-order valence-corrected chi connectivity index (χ3v) is 2.36. The summed E-state index contributed by atoms with van der Waals surface area (Å²) in [5.41, 5.74) is 0. The molecule has 0 aromatic carbocycles. The number of nitrogens with one attached hydrogen (secondary N) is 2. The topological polar surface area (TPSA) is 158 Å². The van der Waals surface area contributed by atoms with E-state index in [0.717, 1.165) is 0 Å². The van der Waals surface area contributed by atoms with Crippen molar-refractivity contribution < 1.29 is 39.8 Å². The van der Waals surface area contributed by atoms with Crippen LogP contribution in [0.3, 0.4) is 0 Å². The lowest BCUT2D eigenvalue weighted by molar-refractivity contribution is -0.243. The van der Waals surface area contributed by atoms with Gasteiger partial charge < -0.3 is 20.1 Å². The summed E-state index contributed by atoms with van der Waals surface area (Å²) in [6, 6.07) is -1.57. The molecule has 0 aromatic rings. The quantitative estimate of drug-likeness (QED) is 0.0997. The van der Waals surface area contributed by atoms with Gasteiger partial charge >= 0.3 is 11.9 Å². The maximum Gasteiger partial charge on any atom is 0.321 e. The highest BCUT2D eigenvalue weighted by atomic mass is 17.1. The van der Waals surface area contributed by atoms with E-state index < -0.39 is 24.4 Å². The maximum atomic E-state index is 10.7. The van der Waals surface area contributed by atoms with Gasteiger partial charge in [0.1, 0.15) is 6.04 Å². The molecule has 10 heteroatoms. The third-order valence-electron chi connectivity index (χ3n) is 2.36. The van der Waals surface area contributed by atoms with E-state index in [1.165, 1.54) is 0 Å². The highest BCUT2D eigenvalue weighted by Crippen LogP contribution is 1.93. The summed E-state index contributed by atoms with van der Waals surface area (Å²) >= 11 is 0. The first kappa shape index (κ1) is 18.7. The molecule has 0 heterocycles. The molecule has 20 heavy (non-hydrogen) atoms. The number of hydrogen-bond acceptors (Lipinski definition) is 8. The fourth-order valence-electron chi connectivity index (χ4n) is 1.26. The van der Waals surface area contributed by atoms with Gasteiger partial charge in [-0.05, 0) is 6.42 Å². The minimum absolute atomic E-state index is 0.0169. The van der Waals surface area contributed by atoms with Crippen LogP contribution in [0.1, 0.15) is 12.8 Å². The van der Waals surface area contributed by atoms with Crippen molar-refractivity contribution in [1.29, 1.82) is 0 Å². The summed E-state index contributed by atoms with van der Waals surface area (Å²) < 4.78 is 5.02. The Morgan fingerprint density at radius 3 is 2.30 bits per heavy atom. The monoisotopic (exact) mass is 296 g/mol. The average Bonchev–Trinajstić information content (AvgIpc) is 2.39. The van der Waals surface area contributed by atoms with Gasteiger partial charge in [0, 0.05) is 6.04 Å². The SMILES string of the molecule is O=C(O)CC(NCOCNC(CO)CCOO)C(=O)O. The van der Waals surface area contributed by atoms with E-state index in [1.54, 1.807) is 0 Å². The largest absolute Gasteiger partial charge is 0.481 e. The zero-order chi connectivity index (χ0) is 15.4. The number of rotatable bonds is 13. The zero-order valence-electron chi connectivity index (χ0n) is 10.8. The third kappa shape index (κ3) is 9.61. The van der Waals surface area contributed by atoms with E-state index in [-0.39, 0.29) is 32.7 Å². The van der Waals surface area contributed by atoms with Crippen molar-refractivity contribution in [3.8, 4) is 0 Å². The second-order valence-corrected chi connectivity index (χ2v) is 3.89. The Hall–Kier alpha value is -1.30. The summed E-state index contributed by atoms with van der Waals surface area (Å²) in [5.74, 6) is -2.51. The van der Waals surface area contributed by atoms with Crippen LogP contribution in [0.25, 0.3) is 0 Å². The summed E-state index contributed by atoms with van der Waals surface area (Å²) in [4.78, 5) is 25.0. The molecule has 0 rings (SSSR count).